The second kappa shape index (κ2) is 6.89. The molecule has 1 N–H and O–H groups in total. The predicted molar refractivity (Wildman–Crippen MR) is 105 cm³/mol. The summed E-state index contributed by atoms with van der Waals surface area (Å²) in [5, 5.41) is 4.99. The van der Waals surface area contributed by atoms with Crippen molar-refractivity contribution in [3.8, 4) is 16.9 Å². The Morgan fingerprint density at radius 3 is 2.60 bits per heavy atom. The van der Waals surface area contributed by atoms with Crippen molar-refractivity contribution in [2.45, 2.75) is 32.7 Å². The molecule has 0 fully saturated rings. The van der Waals surface area contributed by atoms with Crippen LogP contribution in [0.1, 0.15) is 27.2 Å². The molecule has 0 radical (unpaired) electrons. The minimum Gasteiger partial charge on any atom is -0.496 e. The van der Waals surface area contributed by atoms with Gasteiger partial charge in [-0.2, -0.15) is 0 Å². The topological polar surface area (TPSA) is 47.0 Å². The van der Waals surface area contributed by atoms with Crippen LogP contribution in [-0.2, 0) is 0 Å². The molecule has 3 rings (SSSR count). The predicted octanol–water partition coefficient (Wildman–Crippen LogP) is 5.56. The van der Waals surface area contributed by atoms with Gasteiger partial charge in [0.1, 0.15) is 5.75 Å². The lowest BCUT2D eigenvalue weighted by Crippen LogP contribution is -2.30. The molecule has 0 saturated heterocycles. The van der Waals surface area contributed by atoms with Crippen LogP contribution >= 0.6 is 11.6 Å². The van der Waals surface area contributed by atoms with E-state index in [0.29, 0.717) is 11.0 Å². The molecule has 1 heterocycles. The van der Waals surface area contributed by atoms with Crippen molar-refractivity contribution in [3.05, 3.63) is 47.6 Å². The number of ether oxygens (including phenoxy) is 1. The first-order valence-corrected chi connectivity index (χ1v) is 8.69. The van der Waals surface area contributed by atoms with Gasteiger partial charge in [0, 0.05) is 39.3 Å². The number of hydrogen-bond acceptors (Lipinski definition) is 4. The highest BCUT2D eigenvalue weighted by atomic mass is 35.5. The van der Waals surface area contributed by atoms with E-state index < -0.39 is 0 Å². The standard InChI is InChI=1S/C20H22ClN3O/c1-5-20(2,3)24-19-22-12-13-10-15(14-8-6-7-9-16(14)21)18(25-4)11-17(13)23-19/h6-12H,5H2,1-4H3,(H,22,23,24). The molecule has 2 aromatic carbocycles. The highest BCUT2D eigenvalue weighted by Crippen LogP contribution is 2.37. The molecule has 0 unspecified atom stereocenters. The number of anilines is 1. The van der Waals surface area contributed by atoms with E-state index in [1.54, 1.807) is 7.11 Å². The van der Waals surface area contributed by atoms with Crippen molar-refractivity contribution in [1.29, 1.82) is 0 Å². The summed E-state index contributed by atoms with van der Waals surface area (Å²) in [4.78, 5) is 9.10. The SMILES string of the molecule is CCC(C)(C)Nc1ncc2cc(-c3ccccc3Cl)c(OC)cc2n1. The Hall–Kier alpha value is -2.33. The van der Waals surface area contributed by atoms with E-state index >= 15 is 0 Å². The van der Waals surface area contributed by atoms with Gasteiger partial charge in [-0.15, -0.1) is 0 Å². The Labute approximate surface area is 153 Å². The Balaban J connectivity index is 2.10. The van der Waals surface area contributed by atoms with E-state index in [2.05, 4.69) is 36.1 Å². The average Bonchev–Trinajstić information content (AvgIpc) is 2.60. The lowest BCUT2D eigenvalue weighted by Gasteiger charge is -2.24. The van der Waals surface area contributed by atoms with Crippen LogP contribution in [-0.4, -0.2) is 22.6 Å². The Bertz CT molecular complexity index is 909. The zero-order valence-electron chi connectivity index (χ0n) is 14.9. The van der Waals surface area contributed by atoms with Gasteiger partial charge in [-0.1, -0.05) is 36.7 Å². The number of rotatable bonds is 5. The summed E-state index contributed by atoms with van der Waals surface area (Å²) in [5.41, 5.74) is 2.63. The maximum Gasteiger partial charge on any atom is 0.223 e. The van der Waals surface area contributed by atoms with Crippen LogP contribution in [0, 0.1) is 0 Å². The summed E-state index contributed by atoms with van der Waals surface area (Å²) in [7, 11) is 1.65. The lowest BCUT2D eigenvalue weighted by atomic mass is 10.0. The van der Waals surface area contributed by atoms with E-state index in [1.165, 1.54) is 0 Å². The van der Waals surface area contributed by atoms with E-state index in [1.807, 2.05) is 42.6 Å². The molecule has 0 aliphatic heterocycles. The highest BCUT2D eigenvalue weighted by molar-refractivity contribution is 6.33. The number of fused-ring (bicyclic) bond motifs is 1. The molecule has 0 aliphatic carbocycles. The second-order valence-electron chi connectivity index (χ2n) is 6.65. The van der Waals surface area contributed by atoms with Crippen LogP contribution < -0.4 is 10.1 Å². The van der Waals surface area contributed by atoms with Crippen LogP contribution in [0.2, 0.25) is 5.02 Å². The van der Waals surface area contributed by atoms with E-state index in [9.17, 15) is 0 Å². The summed E-state index contributed by atoms with van der Waals surface area (Å²) < 4.78 is 5.59. The van der Waals surface area contributed by atoms with Crippen LogP contribution in [0.5, 0.6) is 5.75 Å². The summed E-state index contributed by atoms with van der Waals surface area (Å²) in [6, 6.07) is 11.7. The van der Waals surface area contributed by atoms with Crippen molar-refractivity contribution in [1.82, 2.24) is 9.97 Å². The molecular formula is C20H22ClN3O. The van der Waals surface area contributed by atoms with Gasteiger partial charge >= 0.3 is 0 Å². The summed E-state index contributed by atoms with van der Waals surface area (Å²) in [5.74, 6) is 1.35. The number of benzene rings is 2. The molecule has 3 aromatic rings. The van der Waals surface area contributed by atoms with Crippen molar-refractivity contribution in [2.24, 2.45) is 0 Å². The maximum absolute atomic E-state index is 6.36. The van der Waals surface area contributed by atoms with Gasteiger partial charge in [-0.3, -0.25) is 0 Å². The highest BCUT2D eigenvalue weighted by Gasteiger charge is 2.17. The van der Waals surface area contributed by atoms with Gasteiger partial charge in [0.15, 0.2) is 0 Å². The molecule has 1 aromatic heterocycles. The zero-order chi connectivity index (χ0) is 18.0. The van der Waals surface area contributed by atoms with Gasteiger partial charge in [0.2, 0.25) is 5.95 Å². The minimum atomic E-state index is -0.0603. The summed E-state index contributed by atoms with van der Waals surface area (Å²) >= 11 is 6.36. The third-order valence-corrected chi connectivity index (χ3v) is 4.73. The number of nitrogens with one attached hydrogen (secondary N) is 1. The van der Waals surface area contributed by atoms with E-state index in [-0.39, 0.29) is 5.54 Å². The number of halogens is 1. The Kier molecular flexibility index (Phi) is 4.82. The molecule has 0 bridgehead atoms. The number of nitrogens with zero attached hydrogens (tertiary/aromatic N) is 2. The quantitative estimate of drug-likeness (QED) is 0.650. The Morgan fingerprint density at radius 1 is 1.16 bits per heavy atom. The first-order chi connectivity index (χ1) is 11.9. The zero-order valence-corrected chi connectivity index (χ0v) is 15.7. The van der Waals surface area contributed by atoms with Crippen molar-refractivity contribution >= 4 is 28.5 Å². The molecule has 0 amide bonds. The van der Waals surface area contributed by atoms with E-state index in [0.717, 1.165) is 34.2 Å². The van der Waals surface area contributed by atoms with Crippen LogP contribution in [0.25, 0.3) is 22.0 Å². The van der Waals surface area contributed by atoms with Crippen molar-refractivity contribution in [3.63, 3.8) is 0 Å². The Morgan fingerprint density at radius 2 is 1.92 bits per heavy atom. The normalized spacial score (nSPS) is 11.6. The van der Waals surface area contributed by atoms with Crippen LogP contribution in [0.3, 0.4) is 0 Å². The third kappa shape index (κ3) is 3.69. The number of methoxy groups -OCH3 is 1. The van der Waals surface area contributed by atoms with Crippen LogP contribution in [0.4, 0.5) is 5.95 Å². The van der Waals surface area contributed by atoms with Gasteiger partial charge in [-0.05, 0) is 32.4 Å². The van der Waals surface area contributed by atoms with E-state index in [4.69, 9.17) is 16.3 Å². The fourth-order valence-corrected chi connectivity index (χ4v) is 2.81. The maximum atomic E-state index is 6.36. The van der Waals surface area contributed by atoms with Crippen LogP contribution in [0.15, 0.2) is 42.6 Å². The molecule has 0 aliphatic rings. The lowest BCUT2D eigenvalue weighted by molar-refractivity contribution is 0.417. The smallest absolute Gasteiger partial charge is 0.223 e. The van der Waals surface area contributed by atoms with Gasteiger partial charge in [-0.25, -0.2) is 9.97 Å². The van der Waals surface area contributed by atoms with Gasteiger partial charge in [0.05, 0.1) is 12.6 Å². The molecule has 0 atom stereocenters. The largest absolute Gasteiger partial charge is 0.496 e. The average molecular weight is 356 g/mol. The minimum absolute atomic E-state index is 0.0603. The molecule has 0 spiro atoms. The summed E-state index contributed by atoms with van der Waals surface area (Å²) in [6.07, 6.45) is 2.80. The molecule has 25 heavy (non-hydrogen) atoms. The second-order valence-corrected chi connectivity index (χ2v) is 7.05. The first kappa shape index (κ1) is 17.5. The fraction of sp³-hybridized carbons (Fsp3) is 0.300. The van der Waals surface area contributed by atoms with Gasteiger partial charge < -0.3 is 10.1 Å². The molecule has 0 saturated carbocycles. The van der Waals surface area contributed by atoms with Gasteiger partial charge in [0.25, 0.3) is 0 Å². The molecular weight excluding hydrogens is 334 g/mol. The third-order valence-electron chi connectivity index (χ3n) is 4.40. The number of aromatic nitrogens is 2. The first-order valence-electron chi connectivity index (χ1n) is 8.31. The number of hydrogen-bond donors (Lipinski definition) is 1. The molecule has 5 heteroatoms. The molecule has 130 valence electrons. The fourth-order valence-electron chi connectivity index (χ4n) is 2.57. The molecule has 4 nitrogen and oxygen atoms in total. The van der Waals surface area contributed by atoms with Crippen molar-refractivity contribution in [2.75, 3.05) is 12.4 Å². The monoisotopic (exact) mass is 355 g/mol. The summed E-state index contributed by atoms with van der Waals surface area (Å²) in [6.45, 7) is 6.39. The van der Waals surface area contributed by atoms with Crippen molar-refractivity contribution < 1.29 is 4.74 Å².